The zero-order valence-electron chi connectivity index (χ0n) is 10.7. The van der Waals surface area contributed by atoms with Crippen molar-refractivity contribution in [2.24, 2.45) is 5.41 Å². The van der Waals surface area contributed by atoms with Gasteiger partial charge in [0.1, 0.15) is 6.61 Å². The van der Waals surface area contributed by atoms with Crippen LogP contribution >= 0.6 is 7.60 Å². The lowest BCUT2D eigenvalue weighted by molar-refractivity contribution is -0.135. The number of carbonyl (C=O) groups is 1. The summed E-state index contributed by atoms with van der Waals surface area (Å²) in [4.78, 5) is 11.6. The maximum Gasteiger partial charge on any atom is 0.354 e. The molecule has 1 saturated heterocycles. The fraction of sp³-hybridized carbons (Fsp3) is 0.727. The number of esters is 1. The summed E-state index contributed by atoms with van der Waals surface area (Å²) >= 11 is 0. The highest BCUT2D eigenvalue weighted by molar-refractivity contribution is 7.57. The number of cyclic esters (lactones) is 1. The van der Waals surface area contributed by atoms with Crippen molar-refractivity contribution in [2.45, 2.75) is 27.7 Å². The maximum absolute atomic E-state index is 12.3. The molecule has 0 aromatic heterocycles. The van der Waals surface area contributed by atoms with Gasteiger partial charge in [-0.05, 0) is 13.8 Å². The van der Waals surface area contributed by atoms with Crippen LogP contribution in [0.2, 0.25) is 0 Å². The van der Waals surface area contributed by atoms with Gasteiger partial charge in [0.2, 0.25) is 0 Å². The van der Waals surface area contributed by atoms with E-state index in [0.717, 1.165) is 0 Å². The van der Waals surface area contributed by atoms with Crippen molar-refractivity contribution < 1.29 is 23.1 Å². The Kier molecular flexibility index (Phi) is 4.53. The van der Waals surface area contributed by atoms with Crippen molar-refractivity contribution >= 4 is 13.6 Å². The minimum atomic E-state index is -3.35. The molecule has 98 valence electrons. The third-order valence-electron chi connectivity index (χ3n) is 2.42. The van der Waals surface area contributed by atoms with Crippen LogP contribution in [0.3, 0.4) is 0 Å². The van der Waals surface area contributed by atoms with E-state index in [1.807, 2.05) is 13.8 Å². The van der Waals surface area contributed by atoms with E-state index in [-0.39, 0.29) is 19.8 Å². The van der Waals surface area contributed by atoms with Crippen LogP contribution in [0.15, 0.2) is 11.4 Å². The average molecular weight is 262 g/mol. The third kappa shape index (κ3) is 3.41. The molecule has 1 fully saturated rings. The summed E-state index contributed by atoms with van der Waals surface area (Å²) < 4.78 is 27.5. The summed E-state index contributed by atoms with van der Waals surface area (Å²) in [7, 11) is -3.35. The van der Waals surface area contributed by atoms with E-state index in [9.17, 15) is 9.36 Å². The van der Waals surface area contributed by atoms with E-state index in [1.165, 1.54) is 5.82 Å². The number of hydrogen-bond acceptors (Lipinski definition) is 5. The normalized spacial score (nSPS) is 21.9. The summed E-state index contributed by atoms with van der Waals surface area (Å²) in [5.41, 5.74) is -0.0938. The number of ether oxygens (including phenoxy) is 1. The van der Waals surface area contributed by atoms with Gasteiger partial charge in [0.05, 0.1) is 18.8 Å². The molecule has 6 heteroatoms. The molecule has 1 rings (SSSR count). The van der Waals surface area contributed by atoms with E-state index < -0.39 is 19.0 Å². The van der Waals surface area contributed by atoms with Crippen molar-refractivity contribution in [3.05, 3.63) is 11.4 Å². The zero-order chi connectivity index (χ0) is 13.1. The molecule has 0 radical (unpaired) electrons. The Bertz CT molecular complexity index is 362. The average Bonchev–Trinajstić information content (AvgIpc) is 2.46. The first-order valence-corrected chi connectivity index (χ1v) is 7.25. The smallest absolute Gasteiger partial charge is 0.354 e. The molecule has 1 aliphatic heterocycles. The summed E-state index contributed by atoms with van der Waals surface area (Å²) in [6, 6.07) is 0. The van der Waals surface area contributed by atoms with Gasteiger partial charge in [0.15, 0.2) is 0 Å². The lowest BCUT2D eigenvalue weighted by atomic mass is 9.88. The van der Waals surface area contributed by atoms with Gasteiger partial charge in [0, 0.05) is 11.2 Å². The van der Waals surface area contributed by atoms with Crippen molar-refractivity contribution in [3.63, 3.8) is 0 Å². The number of carbonyl (C=O) groups excluding carboxylic acids is 1. The SMILES string of the molecule is CCOP(=O)(/C=C1/C(=O)OCC1(C)C)OCC. The molecule has 0 bridgehead atoms. The first kappa shape index (κ1) is 14.4. The molecule has 0 N–H and O–H groups in total. The first-order valence-electron chi connectivity index (χ1n) is 5.64. The van der Waals surface area contributed by atoms with E-state index in [1.54, 1.807) is 13.8 Å². The Labute approximate surface area is 102 Å². The van der Waals surface area contributed by atoms with Gasteiger partial charge < -0.3 is 13.8 Å². The van der Waals surface area contributed by atoms with Crippen LogP contribution in [0, 0.1) is 5.41 Å². The minimum absolute atomic E-state index is 0.260. The summed E-state index contributed by atoms with van der Waals surface area (Å²) in [5.74, 6) is 0.852. The highest BCUT2D eigenvalue weighted by atomic mass is 31.2. The van der Waals surface area contributed by atoms with Crippen LogP contribution in [0.1, 0.15) is 27.7 Å². The molecule has 0 aliphatic carbocycles. The minimum Gasteiger partial charge on any atom is -0.461 e. The predicted octanol–water partition coefficient (Wildman–Crippen LogP) is 2.72. The van der Waals surface area contributed by atoms with Crippen molar-refractivity contribution in [3.8, 4) is 0 Å². The van der Waals surface area contributed by atoms with Gasteiger partial charge in [0.25, 0.3) is 0 Å². The predicted molar refractivity (Wildman–Crippen MR) is 63.7 cm³/mol. The summed E-state index contributed by atoms with van der Waals surface area (Å²) in [6.07, 6.45) is 0. The molecule has 0 amide bonds. The molecule has 1 heterocycles. The van der Waals surface area contributed by atoms with Gasteiger partial charge >= 0.3 is 13.6 Å². The van der Waals surface area contributed by atoms with Crippen molar-refractivity contribution in [1.29, 1.82) is 0 Å². The molecular formula is C11H19O5P. The van der Waals surface area contributed by atoms with Gasteiger partial charge in [-0.15, -0.1) is 0 Å². The van der Waals surface area contributed by atoms with Crippen molar-refractivity contribution in [2.75, 3.05) is 19.8 Å². The van der Waals surface area contributed by atoms with Crippen LogP contribution in [-0.4, -0.2) is 25.8 Å². The summed E-state index contributed by atoms with van der Waals surface area (Å²) in [6.45, 7) is 7.96. The molecule has 0 aromatic carbocycles. The molecule has 17 heavy (non-hydrogen) atoms. The third-order valence-corrected chi connectivity index (χ3v) is 4.23. The Hall–Kier alpha value is -0.640. The van der Waals surface area contributed by atoms with Crippen LogP contribution in [0.4, 0.5) is 0 Å². The van der Waals surface area contributed by atoms with E-state index >= 15 is 0 Å². The maximum atomic E-state index is 12.3. The number of rotatable bonds is 5. The fourth-order valence-electron chi connectivity index (χ4n) is 1.54. The fourth-order valence-corrected chi connectivity index (χ4v) is 3.25. The highest BCUT2D eigenvalue weighted by Gasteiger charge is 2.40. The van der Waals surface area contributed by atoms with Crippen LogP contribution in [0.5, 0.6) is 0 Å². The second kappa shape index (κ2) is 5.34. The Morgan fingerprint density at radius 3 is 2.24 bits per heavy atom. The van der Waals surface area contributed by atoms with Gasteiger partial charge in [-0.1, -0.05) is 13.8 Å². The molecule has 1 aliphatic rings. The molecule has 0 saturated carbocycles. The van der Waals surface area contributed by atoms with Crippen molar-refractivity contribution in [1.82, 2.24) is 0 Å². The number of hydrogen-bond donors (Lipinski definition) is 0. The lowest BCUT2D eigenvalue weighted by Crippen LogP contribution is -2.14. The van der Waals surface area contributed by atoms with E-state index in [2.05, 4.69) is 0 Å². The molecule has 0 unspecified atom stereocenters. The van der Waals surface area contributed by atoms with Crippen LogP contribution < -0.4 is 0 Å². The standard InChI is InChI=1S/C11H19O5P/c1-5-15-17(13,16-6-2)7-9-10(12)14-8-11(9,3)4/h7H,5-6,8H2,1-4H3/b9-7-. The van der Waals surface area contributed by atoms with E-state index in [4.69, 9.17) is 13.8 Å². The molecule has 0 atom stereocenters. The molecular weight excluding hydrogens is 243 g/mol. The van der Waals surface area contributed by atoms with Crippen LogP contribution in [0.25, 0.3) is 0 Å². The zero-order valence-corrected chi connectivity index (χ0v) is 11.6. The van der Waals surface area contributed by atoms with Gasteiger partial charge in [-0.25, -0.2) is 4.79 Å². The molecule has 0 spiro atoms. The Morgan fingerprint density at radius 1 is 1.35 bits per heavy atom. The first-order chi connectivity index (χ1) is 7.84. The second-order valence-electron chi connectivity index (χ2n) is 4.38. The monoisotopic (exact) mass is 262 g/mol. The Balaban J connectivity index is 3.05. The largest absolute Gasteiger partial charge is 0.461 e. The second-order valence-corrected chi connectivity index (χ2v) is 6.23. The van der Waals surface area contributed by atoms with Gasteiger partial charge in [-0.2, -0.15) is 0 Å². The van der Waals surface area contributed by atoms with Crippen LogP contribution in [-0.2, 0) is 23.1 Å². The quantitative estimate of drug-likeness (QED) is 0.433. The molecule has 0 aromatic rings. The summed E-state index contributed by atoms with van der Waals surface area (Å²) in [5, 5.41) is 0. The molecule has 5 nitrogen and oxygen atoms in total. The lowest BCUT2D eigenvalue weighted by Gasteiger charge is -2.18. The highest BCUT2D eigenvalue weighted by Crippen LogP contribution is 2.53. The van der Waals surface area contributed by atoms with Gasteiger partial charge in [-0.3, -0.25) is 4.57 Å². The van der Waals surface area contributed by atoms with E-state index in [0.29, 0.717) is 5.57 Å². The Morgan fingerprint density at radius 2 is 1.88 bits per heavy atom. The topological polar surface area (TPSA) is 61.8 Å².